The van der Waals surface area contributed by atoms with Crippen molar-refractivity contribution in [3.8, 4) is 16.9 Å². The predicted octanol–water partition coefficient (Wildman–Crippen LogP) is 8.99. The molecule has 10 rings (SSSR count). The molecule has 5 unspecified atom stereocenters. The summed E-state index contributed by atoms with van der Waals surface area (Å²) in [6.07, 6.45) is 8.41. The lowest BCUT2D eigenvalue weighted by molar-refractivity contribution is 0.141. The molecule has 0 bridgehead atoms. The third-order valence-corrected chi connectivity index (χ3v) is 10.6. The topological polar surface area (TPSA) is 45.6 Å². The van der Waals surface area contributed by atoms with Crippen molar-refractivity contribution in [1.29, 1.82) is 0 Å². The predicted molar refractivity (Wildman–Crippen MR) is 193 cm³/mol. The molecule has 4 nitrogen and oxygen atoms in total. The third kappa shape index (κ3) is 3.90. The van der Waals surface area contributed by atoms with Gasteiger partial charge < -0.3 is 10.1 Å². The lowest BCUT2D eigenvalue weighted by Gasteiger charge is -2.47. The van der Waals surface area contributed by atoms with Crippen molar-refractivity contribution in [3.63, 3.8) is 0 Å². The number of rotatable bonds is 3. The second kappa shape index (κ2) is 10.7. The van der Waals surface area contributed by atoms with Gasteiger partial charge in [0.05, 0.1) is 5.41 Å². The van der Waals surface area contributed by atoms with E-state index >= 15 is 0 Å². The Balaban J connectivity index is 1.21. The molecule has 6 aromatic carbocycles. The van der Waals surface area contributed by atoms with Crippen LogP contribution in [0.2, 0.25) is 0 Å². The molecule has 0 amide bonds. The monoisotopic (exact) mass is 619 g/mol. The SMILES string of the molecule is C1=CC2Oc3ccccc3C3(c4ccccc4-c4c(C5=NC(c6ccccc6)NC(c6cccc7ccccc67)N5)cccc43)C2C=C1. The molecule has 5 atom stereocenters. The highest BCUT2D eigenvalue weighted by molar-refractivity contribution is 6.08. The van der Waals surface area contributed by atoms with E-state index in [1.54, 1.807) is 0 Å². The lowest BCUT2D eigenvalue weighted by atomic mass is 9.60. The Morgan fingerprint density at radius 1 is 0.604 bits per heavy atom. The van der Waals surface area contributed by atoms with Crippen molar-refractivity contribution in [1.82, 2.24) is 10.6 Å². The van der Waals surface area contributed by atoms with Gasteiger partial charge in [-0.05, 0) is 56.3 Å². The van der Waals surface area contributed by atoms with E-state index in [0.717, 1.165) is 22.7 Å². The van der Waals surface area contributed by atoms with Crippen molar-refractivity contribution in [2.45, 2.75) is 23.9 Å². The highest BCUT2D eigenvalue weighted by Crippen LogP contribution is 2.62. The molecule has 0 fully saturated rings. The Kier molecular flexibility index (Phi) is 6.09. The van der Waals surface area contributed by atoms with E-state index in [-0.39, 0.29) is 24.4 Å². The Morgan fingerprint density at radius 3 is 2.25 bits per heavy atom. The zero-order valence-corrected chi connectivity index (χ0v) is 26.3. The van der Waals surface area contributed by atoms with Gasteiger partial charge >= 0.3 is 0 Å². The first-order valence-electron chi connectivity index (χ1n) is 16.8. The first kappa shape index (κ1) is 27.4. The fraction of sp³-hybridized carbons (Fsp3) is 0.114. The van der Waals surface area contributed by atoms with Gasteiger partial charge in [-0.15, -0.1) is 0 Å². The maximum absolute atomic E-state index is 6.68. The van der Waals surface area contributed by atoms with Crippen LogP contribution in [0.5, 0.6) is 5.75 Å². The first-order valence-corrected chi connectivity index (χ1v) is 16.8. The van der Waals surface area contributed by atoms with Crippen molar-refractivity contribution < 1.29 is 4.74 Å². The number of amidine groups is 1. The van der Waals surface area contributed by atoms with Gasteiger partial charge in [0.2, 0.25) is 0 Å². The summed E-state index contributed by atoms with van der Waals surface area (Å²) < 4.78 is 6.68. The van der Waals surface area contributed by atoms with Gasteiger partial charge in [0.1, 0.15) is 30.0 Å². The lowest BCUT2D eigenvalue weighted by Crippen LogP contribution is -2.47. The number of nitrogens with one attached hydrogen (secondary N) is 2. The zero-order valence-electron chi connectivity index (χ0n) is 26.3. The van der Waals surface area contributed by atoms with Gasteiger partial charge in [-0.3, -0.25) is 5.32 Å². The van der Waals surface area contributed by atoms with Crippen LogP contribution in [0.25, 0.3) is 21.9 Å². The Hall–Kier alpha value is -5.71. The summed E-state index contributed by atoms with van der Waals surface area (Å²) in [7, 11) is 0. The normalized spacial score (nSPS) is 24.5. The van der Waals surface area contributed by atoms with Gasteiger partial charge in [-0.2, -0.15) is 0 Å². The Labute approximate surface area is 280 Å². The van der Waals surface area contributed by atoms with E-state index in [9.17, 15) is 0 Å². The van der Waals surface area contributed by atoms with Crippen molar-refractivity contribution in [2.75, 3.05) is 0 Å². The molecule has 0 saturated carbocycles. The quantitative estimate of drug-likeness (QED) is 0.208. The van der Waals surface area contributed by atoms with E-state index in [1.807, 2.05) is 0 Å². The van der Waals surface area contributed by atoms with Crippen LogP contribution < -0.4 is 15.4 Å². The fourth-order valence-corrected chi connectivity index (χ4v) is 8.68. The molecule has 2 aliphatic heterocycles. The highest BCUT2D eigenvalue weighted by atomic mass is 16.5. The molecule has 48 heavy (non-hydrogen) atoms. The van der Waals surface area contributed by atoms with Crippen molar-refractivity contribution in [2.24, 2.45) is 10.9 Å². The molecule has 6 aromatic rings. The molecule has 0 aromatic heterocycles. The first-order chi connectivity index (χ1) is 23.8. The van der Waals surface area contributed by atoms with Crippen molar-refractivity contribution in [3.05, 3.63) is 197 Å². The van der Waals surface area contributed by atoms with E-state index in [4.69, 9.17) is 9.73 Å². The number of aliphatic imine (C=N–C) groups is 1. The van der Waals surface area contributed by atoms with Crippen molar-refractivity contribution >= 4 is 16.6 Å². The summed E-state index contributed by atoms with van der Waals surface area (Å²) in [5, 5.41) is 10.2. The summed E-state index contributed by atoms with van der Waals surface area (Å²) >= 11 is 0. The molecule has 2 aliphatic carbocycles. The van der Waals surface area contributed by atoms with Gasteiger partial charge in [0.15, 0.2) is 0 Å². The number of hydrogen-bond acceptors (Lipinski definition) is 4. The average Bonchev–Trinajstić information content (AvgIpc) is 3.46. The molecular formula is C44H33N3O. The minimum Gasteiger partial charge on any atom is -0.485 e. The number of para-hydroxylation sites is 1. The summed E-state index contributed by atoms with van der Waals surface area (Å²) in [4.78, 5) is 5.43. The molecule has 0 radical (unpaired) electrons. The van der Waals surface area contributed by atoms with E-state index in [2.05, 4.69) is 174 Å². The van der Waals surface area contributed by atoms with Crippen LogP contribution in [0.15, 0.2) is 169 Å². The number of fused-ring (bicyclic) bond motifs is 10. The largest absolute Gasteiger partial charge is 0.485 e. The molecule has 2 N–H and O–H groups in total. The number of benzene rings is 6. The van der Waals surface area contributed by atoms with E-state index < -0.39 is 5.41 Å². The molecule has 4 aliphatic rings. The van der Waals surface area contributed by atoms with Gasteiger partial charge in [-0.1, -0.05) is 152 Å². The second-order valence-corrected chi connectivity index (χ2v) is 13.1. The fourth-order valence-electron chi connectivity index (χ4n) is 8.68. The highest BCUT2D eigenvalue weighted by Gasteiger charge is 2.56. The smallest absolute Gasteiger partial charge is 0.132 e. The Morgan fingerprint density at radius 2 is 1.31 bits per heavy atom. The number of ether oxygens (including phenoxy) is 1. The van der Waals surface area contributed by atoms with Crippen LogP contribution in [0.1, 0.15) is 45.7 Å². The minimum atomic E-state index is -0.413. The summed E-state index contributed by atoms with van der Waals surface area (Å²) in [6, 6.07) is 50.1. The summed E-state index contributed by atoms with van der Waals surface area (Å²) in [5.74, 6) is 1.93. The number of allylic oxidation sites excluding steroid dienone is 2. The van der Waals surface area contributed by atoms with Crippen LogP contribution in [-0.2, 0) is 5.41 Å². The van der Waals surface area contributed by atoms with Gasteiger partial charge in [0.25, 0.3) is 0 Å². The van der Waals surface area contributed by atoms with E-state index in [0.29, 0.717) is 0 Å². The molecule has 0 saturated heterocycles. The molecule has 2 heterocycles. The second-order valence-electron chi connectivity index (χ2n) is 13.1. The van der Waals surface area contributed by atoms with Gasteiger partial charge in [-0.25, -0.2) is 4.99 Å². The minimum absolute atomic E-state index is 0.0693. The summed E-state index contributed by atoms with van der Waals surface area (Å²) in [6.45, 7) is 0. The maximum atomic E-state index is 6.68. The van der Waals surface area contributed by atoms with Crippen LogP contribution in [0.3, 0.4) is 0 Å². The Bertz CT molecular complexity index is 2320. The van der Waals surface area contributed by atoms with E-state index in [1.165, 1.54) is 44.2 Å². The van der Waals surface area contributed by atoms with Crippen LogP contribution in [0, 0.1) is 5.92 Å². The van der Waals surface area contributed by atoms with Crippen LogP contribution >= 0.6 is 0 Å². The standard InChI is InChI=1S/C44H33N3O/c1-2-15-29(16-3-1)41-45-42(31-20-12-17-28-14-4-5-18-30(28)31)47-43(46-41)33-21-13-25-37-40(33)32-19-6-7-22-34(32)44(37)35-23-8-10-26-38(35)48-39-27-11-9-24-36(39)44/h1-27,35,38,41-42,45H,(H,46,47). The van der Waals surface area contributed by atoms with Gasteiger partial charge in [0, 0.05) is 17.0 Å². The average molecular weight is 620 g/mol. The molecule has 4 heteroatoms. The van der Waals surface area contributed by atoms with Crippen LogP contribution in [-0.4, -0.2) is 11.9 Å². The molecule has 230 valence electrons. The third-order valence-electron chi connectivity index (χ3n) is 10.6. The number of nitrogens with zero attached hydrogens (tertiary/aromatic N) is 1. The molecular weight excluding hydrogens is 587 g/mol. The summed E-state index contributed by atoms with van der Waals surface area (Å²) in [5.41, 5.74) is 9.35. The number of hydrogen-bond donors (Lipinski definition) is 2. The molecule has 1 spiro atoms. The maximum Gasteiger partial charge on any atom is 0.132 e. The van der Waals surface area contributed by atoms with Crippen LogP contribution in [0.4, 0.5) is 0 Å². The zero-order chi connectivity index (χ0) is 31.7.